The lowest BCUT2D eigenvalue weighted by Gasteiger charge is -2.18. The summed E-state index contributed by atoms with van der Waals surface area (Å²) < 4.78 is 1.80. The molecule has 0 saturated heterocycles. The number of para-hydroxylation sites is 1. The van der Waals surface area contributed by atoms with E-state index in [-0.39, 0.29) is 11.9 Å². The van der Waals surface area contributed by atoms with Gasteiger partial charge in [-0.25, -0.2) is 14.6 Å². The summed E-state index contributed by atoms with van der Waals surface area (Å²) in [6.45, 7) is 1.96. The highest BCUT2D eigenvalue weighted by molar-refractivity contribution is 5.92. The second kappa shape index (κ2) is 6.47. The van der Waals surface area contributed by atoms with E-state index >= 15 is 0 Å². The van der Waals surface area contributed by atoms with Gasteiger partial charge in [0, 0.05) is 24.5 Å². The Morgan fingerprint density at radius 2 is 2.04 bits per heavy atom. The Hall–Kier alpha value is -3.02. The summed E-state index contributed by atoms with van der Waals surface area (Å²) >= 11 is 0. The van der Waals surface area contributed by atoms with Crippen molar-refractivity contribution in [3.05, 3.63) is 72.1 Å². The molecule has 6 nitrogen and oxygen atoms in total. The number of hydrogen-bond acceptors (Lipinski definition) is 4. The normalized spacial score (nSPS) is 14.9. The van der Waals surface area contributed by atoms with Crippen LogP contribution in [0.4, 0.5) is 0 Å². The van der Waals surface area contributed by atoms with Gasteiger partial charge in [-0.1, -0.05) is 18.2 Å². The van der Waals surface area contributed by atoms with Crippen molar-refractivity contribution < 1.29 is 4.79 Å². The monoisotopic (exact) mass is 333 g/mol. The van der Waals surface area contributed by atoms with Crippen LogP contribution in [0.15, 0.2) is 55.0 Å². The van der Waals surface area contributed by atoms with Crippen LogP contribution in [0, 0.1) is 0 Å². The molecule has 6 heteroatoms. The SMILES string of the molecule is C[C@H](NC(=O)c1ccnc(C2CC2)n1)c1ccccc1-n1cccn1. The largest absolute Gasteiger partial charge is 0.344 e. The standard InChI is InChI=1S/C19H19N5O/c1-13(15-5-2-3-6-17(15)24-12-4-10-21-24)22-19(25)16-9-11-20-18(23-16)14-7-8-14/h2-6,9-14H,7-8H2,1H3,(H,22,25)/t13-/m0/s1. The second-order valence-electron chi connectivity index (χ2n) is 6.28. The molecule has 1 atom stereocenters. The summed E-state index contributed by atoms with van der Waals surface area (Å²) in [7, 11) is 0. The molecule has 1 N–H and O–H groups in total. The molecule has 1 fully saturated rings. The highest BCUT2D eigenvalue weighted by Gasteiger charge is 2.27. The Bertz CT molecular complexity index is 886. The molecule has 2 aromatic heterocycles. The van der Waals surface area contributed by atoms with Crippen LogP contribution >= 0.6 is 0 Å². The van der Waals surface area contributed by atoms with Crippen LogP contribution in [0.3, 0.4) is 0 Å². The molecule has 0 spiro atoms. The third kappa shape index (κ3) is 3.28. The van der Waals surface area contributed by atoms with Crippen LogP contribution in [-0.2, 0) is 0 Å². The number of nitrogens with zero attached hydrogens (tertiary/aromatic N) is 4. The number of carbonyl (C=O) groups is 1. The lowest BCUT2D eigenvalue weighted by Crippen LogP contribution is -2.28. The average Bonchev–Trinajstić information content (AvgIpc) is 3.36. The van der Waals surface area contributed by atoms with Crippen LogP contribution in [0.25, 0.3) is 5.69 Å². The third-order valence-electron chi connectivity index (χ3n) is 4.35. The summed E-state index contributed by atoms with van der Waals surface area (Å²) in [5, 5.41) is 7.32. The lowest BCUT2D eigenvalue weighted by atomic mass is 10.1. The molecule has 0 aliphatic heterocycles. The summed E-state index contributed by atoms with van der Waals surface area (Å²) in [6.07, 6.45) is 7.51. The van der Waals surface area contributed by atoms with Gasteiger partial charge in [-0.05, 0) is 43.5 Å². The fourth-order valence-corrected chi connectivity index (χ4v) is 2.86. The van der Waals surface area contributed by atoms with Gasteiger partial charge in [0.25, 0.3) is 5.91 Å². The van der Waals surface area contributed by atoms with Crippen molar-refractivity contribution in [1.29, 1.82) is 0 Å². The van der Waals surface area contributed by atoms with Gasteiger partial charge in [-0.3, -0.25) is 4.79 Å². The van der Waals surface area contributed by atoms with Gasteiger partial charge in [-0.15, -0.1) is 0 Å². The highest BCUT2D eigenvalue weighted by Crippen LogP contribution is 2.37. The lowest BCUT2D eigenvalue weighted by molar-refractivity contribution is 0.0934. The van der Waals surface area contributed by atoms with Crippen LogP contribution in [0.1, 0.15) is 53.6 Å². The average molecular weight is 333 g/mol. The zero-order chi connectivity index (χ0) is 17.2. The van der Waals surface area contributed by atoms with E-state index in [0.717, 1.165) is 29.9 Å². The topological polar surface area (TPSA) is 72.7 Å². The summed E-state index contributed by atoms with van der Waals surface area (Å²) in [6, 6.07) is 11.3. The number of hydrogen-bond donors (Lipinski definition) is 1. The van der Waals surface area contributed by atoms with Gasteiger partial charge in [-0.2, -0.15) is 5.10 Å². The van der Waals surface area contributed by atoms with E-state index in [4.69, 9.17) is 0 Å². The molecule has 0 unspecified atom stereocenters. The molecular formula is C19H19N5O. The van der Waals surface area contributed by atoms with Crippen molar-refractivity contribution in [2.75, 3.05) is 0 Å². The molecule has 0 bridgehead atoms. The molecule has 1 aliphatic rings. The maximum atomic E-state index is 12.6. The van der Waals surface area contributed by atoms with E-state index < -0.39 is 0 Å². The van der Waals surface area contributed by atoms with E-state index in [0.29, 0.717) is 11.6 Å². The van der Waals surface area contributed by atoms with Gasteiger partial charge in [0.2, 0.25) is 0 Å². The zero-order valence-corrected chi connectivity index (χ0v) is 14.0. The van der Waals surface area contributed by atoms with E-state index in [1.165, 1.54) is 0 Å². The Morgan fingerprint density at radius 1 is 1.20 bits per heavy atom. The minimum atomic E-state index is -0.188. The Morgan fingerprint density at radius 3 is 2.80 bits per heavy atom. The molecule has 126 valence electrons. The fourth-order valence-electron chi connectivity index (χ4n) is 2.86. The van der Waals surface area contributed by atoms with Crippen molar-refractivity contribution in [3.63, 3.8) is 0 Å². The molecule has 25 heavy (non-hydrogen) atoms. The van der Waals surface area contributed by atoms with Crippen LogP contribution in [0.2, 0.25) is 0 Å². The predicted octanol–water partition coefficient (Wildman–Crippen LogP) is 3.03. The number of rotatable bonds is 5. The van der Waals surface area contributed by atoms with Gasteiger partial charge < -0.3 is 5.32 Å². The Balaban J connectivity index is 1.55. The molecule has 2 heterocycles. The number of carbonyl (C=O) groups excluding carboxylic acids is 1. The summed E-state index contributed by atoms with van der Waals surface area (Å²) in [5.41, 5.74) is 2.36. The minimum absolute atomic E-state index is 0.174. The number of amides is 1. The van der Waals surface area contributed by atoms with E-state index in [1.807, 2.05) is 43.5 Å². The predicted molar refractivity (Wildman–Crippen MR) is 93.5 cm³/mol. The molecule has 1 amide bonds. The molecular weight excluding hydrogens is 314 g/mol. The first-order valence-corrected chi connectivity index (χ1v) is 8.45. The fraction of sp³-hybridized carbons (Fsp3) is 0.263. The molecule has 1 aliphatic carbocycles. The van der Waals surface area contributed by atoms with E-state index in [2.05, 4.69) is 20.4 Å². The first-order chi connectivity index (χ1) is 12.2. The van der Waals surface area contributed by atoms with Crippen molar-refractivity contribution >= 4 is 5.91 Å². The van der Waals surface area contributed by atoms with Crippen LogP contribution in [-0.4, -0.2) is 25.7 Å². The number of benzene rings is 1. The highest BCUT2D eigenvalue weighted by atomic mass is 16.1. The smallest absolute Gasteiger partial charge is 0.270 e. The quantitative estimate of drug-likeness (QED) is 0.779. The van der Waals surface area contributed by atoms with E-state index in [9.17, 15) is 4.79 Å². The van der Waals surface area contributed by atoms with Gasteiger partial charge >= 0.3 is 0 Å². The molecule has 3 aromatic rings. The number of nitrogens with one attached hydrogen (secondary N) is 1. The molecule has 1 aromatic carbocycles. The van der Waals surface area contributed by atoms with Crippen molar-refractivity contribution in [3.8, 4) is 5.69 Å². The molecule has 4 rings (SSSR count). The minimum Gasteiger partial charge on any atom is -0.344 e. The molecule has 1 saturated carbocycles. The maximum absolute atomic E-state index is 12.6. The van der Waals surface area contributed by atoms with Crippen molar-refractivity contribution in [2.24, 2.45) is 0 Å². The van der Waals surface area contributed by atoms with Crippen molar-refractivity contribution in [2.45, 2.75) is 31.7 Å². The van der Waals surface area contributed by atoms with Gasteiger partial charge in [0.05, 0.1) is 11.7 Å². The van der Waals surface area contributed by atoms with Gasteiger partial charge in [0.1, 0.15) is 11.5 Å². The number of aromatic nitrogens is 4. The Kier molecular flexibility index (Phi) is 4.01. The first-order valence-electron chi connectivity index (χ1n) is 8.45. The first kappa shape index (κ1) is 15.5. The summed E-state index contributed by atoms with van der Waals surface area (Å²) in [4.78, 5) is 21.3. The van der Waals surface area contributed by atoms with Gasteiger partial charge in [0.15, 0.2) is 0 Å². The second-order valence-corrected chi connectivity index (χ2v) is 6.28. The zero-order valence-electron chi connectivity index (χ0n) is 14.0. The van der Waals surface area contributed by atoms with Crippen LogP contribution < -0.4 is 5.32 Å². The molecule has 0 radical (unpaired) electrons. The Labute approximate surface area is 145 Å². The maximum Gasteiger partial charge on any atom is 0.270 e. The third-order valence-corrected chi connectivity index (χ3v) is 4.35. The van der Waals surface area contributed by atoms with Crippen LogP contribution in [0.5, 0.6) is 0 Å². The summed E-state index contributed by atoms with van der Waals surface area (Å²) in [5.74, 6) is 1.01. The van der Waals surface area contributed by atoms with Crippen molar-refractivity contribution in [1.82, 2.24) is 25.1 Å². The van der Waals surface area contributed by atoms with E-state index in [1.54, 1.807) is 23.1 Å².